The zero-order chi connectivity index (χ0) is 12.0. The van der Waals surface area contributed by atoms with Gasteiger partial charge in [-0.2, -0.15) is 5.10 Å². The minimum Gasteiger partial charge on any atom is -0.306 e. The summed E-state index contributed by atoms with van der Waals surface area (Å²) in [4.78, 5) is 6.59. The van der Waals surface area contributed by atoms with Crippen LogP contribution in [0.15, 0.2) is 6.33 Å². The van der Waals surface area contributed by atoms with Gasteiger partial charge in [0.15, 0.2) is 0 Å². The molecule has 0 aliphatic heterocycles. The van der Waals surface area contributed by atoms with Gasteiger partial charge in [0.25, 0.3) is 0 Å². The Morgan fingerprint density at radius 1 is 1.44 bits per heavy atom. The standard InChI is InChI=1S/C11H23N5/c1-5-16(6-2)8-10(3)12-7-11-13-9-14-15(11)4/h9-10,12H,5-8H2,1-4H3. The SMILES string of the molecule is CCN(CC)CC(C)NCc1ncnn1C. The van der Waals surface area contributed by atoms with Gasteiger partial charge in [-0.3, -0.25) is 4.68 Å². The van der Waals surface area contributed by atoms with Crippen LogP contribution in [0.4, 0.5) is 0 Å². The van der Waals surface area contributed by atoms with E-state index in [2.05, 4.69) is 41.1 Å². The summed E-state index contributed by atoms with van der Waals surface area (Å²) in [5, 5.41) is 7.50. The third-order valence-corrected chi connectivity index (χ3v) is 2.84. The lowest BCUT2D eigenvalue weighted by atomic mass is 10.3. The number of likely N-dealkylation sites (N-methyl/N-ethyl adjacent to an activating group) is 1. The summed E-state index contributed by atoms with van der Waals surface area (Å²) in [5.74, 6) is 0.978. The first kappa shape index (κ1) is 13.1. The Morgan fingerprint density at radius 2 is 2.12 bits per heavy atom. The second-order valence-electron chi connectivity index (χ2n) is 4.07. The van der Waals surface area contributed by atoms with E-state index in [0.717, 1.165) is 32.0 Å². The van der Waals surface area contributed by atoms with Gasteiger partial charge in [0.2, 0.25) is 0 Å². The quantitative estimate of drug-likeness (QED) is 0.739. The highest BCUT2D eigenvalue weighted by molar-refractivity contribution is 4.83. The molecule has 5 nitrogen and oxygen atoms in total. The van der Waals surface area contributed by atoms with Crippen LogP contribution in [0.3, 0.4) is 0 Å². The topological polar surface area (TPSA) is 46.0 Å². The molecule has 0 radical (unpaired) electrons. The molecule has 0 spiro atoms. The minimum absolute atomic E-state index is 0.469. The van der Waals surface area contributed by atoms with Crippen molar-refractivity contribution in [2.75, 3.05) is 19.6 Å². The zero-order valence-corrected chi connectivity index (χ0v) is 10.8. The molecule has 0 saturated heterocycles. The molecule has 5 heteroatoms. The first-order valence-corrected chi connectivity index (χ1v) is 5.96. The van der Waals surface area contributed by atoms with Gasteiger partial charge in [-0.15, -0.1) is 0 Å². The molecule has 1 heterocycles. The molecule has 0 aliphatic carbocycles. The fraction of sp³-hybridized carbons (Fsp3) is 0.818. The number of nitrogens with one attached hydrogen (secondary N) is 1. The maximum absolute atomic E-state index is 4.18. The Balaban J connectivity index is 2.30. The molecule has 1 rings (SSSR count). The summed E-state index contributed by atoms with van der Waals surface area (Å²) in [7, 11) is 1.92. The second kappa shape index (κ2) is 6.60. The molecule has 1 atom stereocenters. The molecular formula is C11H23N5. The molecule has 92 valence electrons. The van der Waals surface area contributed by atoms with Crippen LogP contribution >= 0.6 is 0 Å². The van der Waals surface area contributed by atoms with Gasteiger partial charge in [-0.1, -0.05) is 13.8 Å². The van der Waals surface area contributed by atoms with Crippen LogP contribution in [0, 0.1) is 0 Å². The first-order chi connectivity index (χ1) is 7.67. The Morgan fingerprint density at radius 3 is 2.62 bits per heavy atom. The highest BCUT2D eigenvalue weighted by atomic mass is 15.3. The highest BCUT2D eigenvalue weighted by Gasteiger charge is 2.07. The van der Waals surface area contributed by atoms with E-state index in [9.17, 15) is 0 Å². The Hall–Kier alpha value is -0.940. The van der Waals surface area contributed by atoms with Crippen LogP contribution in [-0.2, 0) is 13.6 Å². The Bertz CT molecular complexity index is 292. The Kier molecular flexibility index (Phi) is 5.42. The molecule has 0 aromatic carbocycles. The number of nitrogens with zero attached hydrogens (tertiary/aromatic N) is 4. The molecule has 0 bridgehead atoms. The van der Waals surface area contributed by atoms with Crippen LogP contribution in [0.2, 0.25) is 0 Å². The van der Waals surface area contributed by atoms with Gasteiger partial charge in [-0.05, 0) is 20.0 Å². The van der Waals surface area contributed by atoms with Crippen LogP contribution in [0.25, 0.3) is 0 Å². The van der Waals surface area contributed by atoms with Crippen molar-refractivity contribution in [3.63, 3.8) is 0 Å². The van der Waals surface area contributed by atoms with Gasteiger partial charge in [0, 0.05) is 19.6 Å². The summed E-state index contributed by atoms with van der Waals surface area (Å²) in [6, 6.07) is 0.469. The summed E-state index contributed by atoms with van der Waals surface area (Å²) in [6.07, 6.45) is 1.59. The minimum atomic E-state index is 0.469. The summed E-state index contributed by atoms with van der Waals surface area (Å²) in [5.41, 5.74) is 0. The van der Waals surface area contributed by atoms with Crippen molar-refractivity contribution in [2.45, 2.75) is 33.4 Å². The van der Waals surface area contributed by atoms with E-state index in [4.69, 9.17) is 0 Å². The summed E-state index contributed by atoms with van der Waals surface area (Å²) in [6.45, 7) is 10.6. The maximum Gasteiger partial charge on any atom is 0.140 e. The monoisotopic (exact) mass is 225 g/mol. The summed E-state index contributed by atoms with van der Waals surface area (Å²) >= 11 is 0. The molecule has 16 heavy (non-hydrogen) atoms. The molecule has 0 amide bonds. The lowest BCUT2D eigenvalue weighted by Gasteiger charge is -2.23. The van der Waals surface area contributed by atoms with E-state index in [1.165, 1.54) is 0 Å². The smallest absolute Gasteiger partial charge is 0.140 e. The Labute approximate surface area is 97.9 Å². The fourth-order valence-electron chi connectivity index (χ4n) is 1.68. The largest absolute Gasteiger partial charge is 0.306 e. The van der Waals surface area contributed by atoms with E-state index in [1.54, 1.807) is 11.0 Å². The van der Waals surface area contributed by atoms with Gasteiger partial charge in [0.1, 0.15) is 12.2 Å². The second-order valence-corrected chi connectivity index (χ2v) is 4.07. The number of hydrogen-bond donors (Lipinski definition) is 1. The molecular weight excluding hydrogens is 202 g/mol. The highest BCUT2D eigenvalue weighted by Crippen LogP contribution is 1.95. The number of rotatable bonds is 7. The first-order valence-electron chi connectivity index (χ1n) is 5.96. The third kappa shape index (κ3) is 3.90. The zero-order valence-electron chi connectivity index (χ0n) is 10.8. The third-order valence-electron chi connectivity index (χ3n) is 2.84. The van der Waals surface area contributed by atoms with Gasteiger partial charge in [-0.25, -0.2) is 4.98 Å². The van der Waals surface area contributed by atoms with Crippen molar-refractivity contribution >= 4 is 0 Å². The fourth-order valence-corrected chi connectivity index (χ4v) is 1.68. The molecule has 0 aliphatic rings. The molecule has 0 saturated carbocycles. The van der Waals surface area contributed by atoms with Crippen LogP contribution < -0.4 is 5.32 Å². The van der Waals surface area contributed by atoms with E-state index < -0.39 is 0 Å². The molecule has 1 aromatic rings. The van der Waals surface area contributed by atoms with Gasteiger partial charge >= 0.3 is 0 Å². The molecule has 0 fully saturated rings. The van der Waals surface area contributed by atoms with Crippen molar-refractivity contribution in [3.8, 4) is 0 Å². The predicted octanol–water partition coefficient (Wildman–Crippen LogP) is 0.635. The lowest BCUT2D eigenvalue weighted by molar-refractivity contribution is 0.269. The van der Waals surface area contributed by atoms with Crippen molar-refractivity contribution in [2.24, 2.45) is 7.05 Å². The van der Waals surface area contributed by atoms with E-state index in [1.807, 2.05) is 7.05 Å². The van der Waals surface area contributed by atoms with Gasteiger partial charge in [0.05, 0.1) is 6.54 Å². The van der Waals surface area contributed by atoms with Crippen LogP contribution in [0.1, 0.15) is 26.6 Å². The molecule has 1 aromatic heterocycles. The molecule has 1 N–H and O–H groups in total. The average Bonchev–Trinajstić information content (AvgIpc) is 2.69. The number of hydrogen-bond acceptors (Lipinski definition) is 4. The molecule has 1 unspecified atom stereocenters. The predicted molar refractivity (Wildman–Crippen MR) is 65.1 cm³/mol. The van der Waals surface area contributed by atoms with Crippen molar-refractivity contribution in [3.05, 3.63) is 12.2 Å². The van der Waals surface area contributed by atoms with E-state index >= 15 is 0 Å². The number of aryl methyl sites for hydroxylation is 1. The van der Waals surface area contributed by atoms with E-state index in [0.29, 0.717) is 6.04 Å². The van der Waals surface area contributed by atoms with Gasteiger partial charge < -0.3 is 10.2 Å². The summed E-state index contributed by atoms with van der Waals surface area (Å²) < 4.78 is 1.80. The van der Waals surface area contributed by atoms with Crippen LogP contribution in [-0.4, -0.2) is 45.3 Å². The van der Waals surface area contributed by atoms with Crippen LogP contribution in [0.5, 0.6) is 0 Å². The van der Waals surface area contributed by atoms with E-state index in [-0.39, 0.29) is 0 Å². The number of aromatic nitrogens is 3. The lowest BCUT2D eigenvalue weighted by Crippen LogP contribution is -2.39. The van der Waals surface area contributed by atoms with Crippen molar-refractivity contribution < 1.29 is 0 Å². The maximum atomic E-state index is 4.18. The van der Waals surface area contributed by atoms with Crippen molar-refractivity contribution in [1.29, 1.82) is 0 Å². The van der Waals surface area contributed by atoms with Crippen molar-refractivity contribution in [1.82, 2.24) is 25.0 Å². The average molecular weight is 225 g/mol. The normalized spacial score (nSPS) is 13.3.